The molecule has 0 amide bonds. The molecule has 1 heterocycles. The molecule has 2 N–H and O–H groups in total. The lowest BCUT2D eigenvalue weighted by molar-refractivity contribution is 0.252. The van der Waals surface area contributed by atoms with E-state index in [0.29, 0.717) is 0 Å². The maximum Gasteiger partial charge on any atom is 0.147 e. The normalized spacial score (nSPS) is 20.6. The van der Waals surface area contributed by atoms with Gasteiger partial charge in [-0.2, -0.15) is 4.37 Å². The van der Waals surface area contributed by atoms with Crippen molar-refractivity contribution in [3.8, 4) is 0 Å². The molecule has 4 heteroatoms. The Hall–Kier alpha value is -0.480. The maximum absolute atomic E-state index is 6.19. The number of hydrogen-bond acceptors (Lipinski definition) is 4. The largest absolute Gasteiger partial charge is 0.319 e. The Kier molecular flexibility index (Phi) is 2.16. The number of nitrogens with zero attached hydrogens (tertiary/aromatic N) is 2. The predicted octanol–water partition coefficient (Wildman–Crippen LogP) is 2.17. The zero-order chi connectivity index (χ0) is 10.4. The Balaban J connectivity index is 2.26. The van der Waals surface area contributed by atoms with Gasteiger partial charge in [-0.3, -0.25) is 0 Å². The molecule has 3 nitrogen and oxygen atoms in total. The summed E-state index contributed by atoms with van der Waals surface area (Å²) >= 11 is 1.47. The molecule has 0 aromatic carbocycles. The molecule has 0 unspecified atom stereocenters. The second-order valence-corrected chi connectivity index (χ2v) is 5.93. The Labute approximate surface area is 88.9 Å². The van der Waals surface area contributed by atoms with Gasteiger partial charge >= 0.3 is 0 Å². The highest BCUT2D eigenvalue weighted by atomic mass is 32.1. The van der Waals surface area contributed by atoms with E-state index in [1.165, 1.54) is 18.0 Å². The van der Waals surface area contributed by atoms with Crippen LogP contribution in [0.5, 0.6) is 0 Å². The van der Waals surface area contributed by atoms with E-state index in [2.05, 4.69) is 30.1 Å². The van der Waals surface area contributed by atoms with E-state index >= 15 is 0 Å². The van der Waals surface area contributed by atoms with Gasteiger partial charge in [0.15, 0.2) is 0 Å². The molecule has 0 atom stereocenters. The van der Waals surface area contributed by atoms with Gasteiger partial charge in [0.25, 0.3) is 0 Å². The molecular formula is C10H17N3S. The summed E-state index contributed by atoms with van der Waals surface area (Å²) in [6.45, 7) is 6.38. The third kappa shape index (κ3) is 1.57. The van der Waals surface area contributed by atoms with Crippen molar-refractivity contribution in [2.24, 2.45) is 5.73 Å². The van der Waals surface area contributed by atoms with E-state index in [-0.39, 0.29) is 11.0 Å². The Morgan fingerprint density at radius 1 is 1.36 bits per heavy atom. The number of aromatic nitrogens is 2. The summed E-state index contributed by atoms with van der Waals surface area (Å²) in [7, 11) is 0. The fraction of sp³-hybridized carbons (Fsp3) is 0.800. The number of nitrogens with two attached hydrogens (primary N) is 1. The van der Waals surface area contributed by atoms with Gasteiger partial charge in [0, 0.05) is 5.41 Å². The molecule has 1 aromatic rings. The summed E-state index contributed by atoms with van der Waals surface area (Å²) in [6, 6.07) is 0. The molecule has 2 rings (SSSR count). The molecule has 0 spiro atoms. The summed E-state index contributed by atoms with van der Waals surface area (Å²) in [5.74, 6) is 0.925. The second-order valence-electron chi connectivity index (χ2n) is 5.18. The third-order valence-electron chi connectivity index (χ3n) is 2.77. The first-order valence-corrected chi connectivity index (χ1v) is 5.83. The topological polar surface area (TPSA) is 51.8 Å². The van der Waals surface area contributed by atoms with Crippen LogP contribution < -0.4 is 5.73 Å². The Morgan fingerprint density at radius 3 is 2.36 bits per heavy atom. The van der Waals surface area contributed by atoms with E-state index in [0.717, 1.165) is 23.7 Å². The summed E-state index contributed by atoms with van der Waals surface area (Å²) in [5.41, 5.74) is 6.07. The molecule has 1 saturated carbocycles. The molecule has 1 aromatic heterocycles. The Morgan fingerprint density at radius 2 is 2.00 bits per heavy atom. The number of hydrogen-bond donors (Lipinski definition) is 1. The monoisotopic (exact) mass is 211 g/mol. The average Bonchev–Trinajstić information content (AvgIpc) is 2.46. The van der Waals surface area contributed by atoms with Gasteiger partial charge < -0.3 is 5.73 Å². The quantitative estimate of drug-likeness (QED) is 0.774. The van der Waals surface area contributed by atoms with Crippen molar-refractivity contribution >= 4 is 11.5 Å². The van der Waals surface area contributed by atoms with Crippen molar-refractivity contribution in [1.29, 1.82) is 0 Å². The summed E-state index contributed by atoms with van der Waals surface area (Å²) in [4.78, 5) is 4.56. The second kappa shape index (κ2) is 3.00. The SMILES string of the molecule is CC(C)(C)c1nsc(C2(N)CCC2)n1. The highest BCUT2D eigenvalue weighted by Gasteiger charge is 2.38. The predicted molar refractivity (Wildman–Crippen MR) is 58.3 cm³/mol. The van der Waals surface area contributed by atoms with Crippen LogP contribution in [0, 0.1) is 0 Å². The molecule has 0 saturated heterocycles. The molecular weight excluding hydrogens is 194 g/mol. The maximum atomic E-state index is 6.19. The summed E-state index contributed by atoms with van der Waals surface area (Å²) < 4.78 is 4.39. The van der Waals surface area contributed by atoms with Gasteiger partial charge in [0.05, 0.1) is 5.54 Å². The molecule has 1 fully saturated rings. The molecule has 0 aliphatic heterocycles. The van der Waals surface area contributed by atoms with Crippen molar-refractivity contribution in [2.45, 2.75) is 51.0 Å². The van der Waals surface area contributed by atoms with Crippen LogP contribution in [-0.4, -0.2) is 9.36 Å². The fourth-order valence-corrected chi connectivity index (χ4v) is 2.50. The van der Waals surface area contributed by atoms with Crippen LogP contribution >= 0.6 is 11.5 Å². The molecule has 1 aliphatic rings. The van der Waals surface area contributed by atoms with Crippen LogP contribution in [0.3, 0.4) is 0 Å². The molecule has 14 heavy (non-hydrogen) atoms. The van der Waals surface area contributed by atoms with Gasteiger partial charge in [-0.1, -0.05) is 20.8 Å². The first kappa shape index (κ1) is 10.1. The van der Waals surface area contributed by atoms with E-state index in [9.17, 15) is 0 Å². The van der Waals surface area contributed by atoms with Crippen LogP contribution in [0.15, 0.2) is 0 Å². The standard InChI is InChI=1S/C10H17N3S/c1-9(2,3)7-12-8(14-13-7)10(11)5-4-6-10/h4-6,11H2,1-3H3. The molecule has 1 aliphatic carbocycles. The van der Waals surface area contributed by atoms with Crippen molar-refractivity contribution in [1.82, 2.24) is 9.36 Å². The highest BCUT2D eigenvalue weighted by molar-refractivity contribution is 7.05. The highest BCUT2D eigenvalue weighted by Crippen LogP contribution is 2.40. The van der Waals surface area contributed by atoms with E-state index in [4.69, 9.17) is 5.73 Å². The van der Waals surface area contributed by atoms with Crippen molar-refractivity contribution < 1.29 is 0 Å². The van der Waals surface area contributed by atoms with Crippen LogP contribution in [0.2, 0.25) is 0 Å². The molecule has 0 radical (unpaired) electrons. The van der Waals surface area contributed by atoms with E-state index < -0.39 is 0 Å². The molecule has 0 bridgehead atoms. The minimum atomic E-state index is -0.152. The number of rotatable bonds is 1. The van der Waals surface area contributed by atoms with Crippen molar-refractivity contribution in [2.75, 3.05) is 0 Å². The minimum Gasteiger partial charge on any atom is -0.319 e. The van der Waals surface area contributed by atoms with E-state index in [1.54, 1.807) is 0 Å². The lowest BCUT2D eigenvalue weighted by atomic mass is 9.78. The van der Waals surface area contributed by atoms with Crippen LogP contribution in [-0.2, 0) is 11.0 Å². The summed E-state index contributed by atoms with van der Waals surface area (Å²) in [6.07, 6.45) is 3.35. The lowest BCUT2D eigenvalue weighted by Gasteiger charge is -2.35. The van der Waals surface area contributed by atoms with Gasteiger partial charge in [-0.15, -0.1) is 0 Å². The van der Waals surface area contributed by atoms with Crippen LogP contribution in [0.1, 0.15) is 50.9 Å². The Bertz CT molecular complexity index is 333. The van der Waals surface area contributed by atoms with Crippen molar-refractivity contribution in [3.63, 3.8) is 0 Å². The van der Waals surface area contributed by atoms with Gasteiger partial charge in [-0.05, 0) is 30.8 Å². The first-order valence-electron chi connectivity index (χ1n) is 5.05. The molecule has 78 valence electrons. The summed E-state index contributed by atoms with van der Waals surface area (Å²) in [5, 5.41) is 1.02. The fourth-order valence-electron chi connectivity index (χ4n) is 1.50. The van der Waals surface area contributed by atoms with Gasteiger partial charge in [0.2, 0.25) is 0 Å². The van der Waals surface area contributed by atoms with E-state index in [1.807, 2.05) is 0 Å². The smallest absolute Gasteiger partial charge is 0.147 e. The zero-order valence-electron chi connectivity index (χ0n) is 9.00. The average molecular weight is 211 g/mol. The van der Waals surface area contributed by atoms with Crippen LogP contribution in [0.4, 0.5) is 0 Å². The zero-order valence-corrected chi connectivity index (χ0v) is 9.82. The van der Waals surface area contributed by atoms with Crippen molar-refractivity contribution in [3.05, 3.63) is 10.8 Å². The first-order chi connectivity index (χ1) is 6.42. The van der Waals surface area contributed by atoms with Crippen LogP contribution in [0.25, 0.3) is 0 Å². The van der Waals surface area contributed by atoms with Gasteiger partial charge in [-0.25, -0.2) is 4.98 Å². The third-order valence-corrected chi connectivity index (χ3v) is 3.70. The van der Waals surface area contributed by atoms with Gasteiger partial charge in [0.1, 0.15) is 10.8 Å². The minimum absolute atomic E-state index is 0.0366. The lowest BCUT2D eigenvalue weighted by Crippen LogP contribution is -2.43.